The van der Waals surface area contributed by atoms with E-state index in [1.54, 1.807) is 0 Å². The highest BCUT2D eigenvalue weighted by atomic mass is 16.5. The Balaban J connectivity index is 1.30. The highest BCUT2D eigenvalue weighted by Crippen LogP contribution is 2.69. The number of pyridine rings is 1. The average Bonchev–Trinajstić information content (AvgIpc) is 3.31. The number of aromatic nitrogens is 1. The number of aliphatic hydroxyl groups is 2. The van der Waals surface area contributed by atoms with Gasteiger partial charge < -0.3 is 14.9 Å². The molecule has 7 atom stereocenters. The standard InChI is InChI=1S/C28H31NO3/c1-26-8-6-20-13-21-14-23(30)24(31)15-27(21)9-10-28(20,32-27)25(26)5-4-22(26)18-3-2-17-7-11-29-16-19(17)12-18/h2-3,6-7,11-13,16,22-25,30-31H,4-5,8-10,14-15H2,1H3/t22-,23-,24+,25-,26-,27-,28?/m1/s1. The molecule has 1 aromatic carbocycles. The molecule has 2 spiro atoms. The van der Waals surface area contributed by atoms with Crippen LogP contribution in [0.4, 0.5) is 0 Å². The summed E-state index contributed by atoms with van der Waals surface area (Å²) in [6.45, 7) is 2.48. The van der Waals surface area contributed by atoms with Crippen LogP contribution in [0.25, 0.3) is 10.8 Å². The molecule has 0 radical (unpaired) electrons. The van der Waals surface area contributed by atoms with Crippen molar-refractivity contribution in [3.63, 3.8) is 0 Å². The fourth-order valence-electron chi connectivity index (χ4n) is 8.23. The van der Waals surface area contributed by atoms with Gasteiger partial charge in [-0.3, -0.25) is 4.98 Å². The molecule has 2 bridgehead atoms. The Kier molecular flexibility index (Phi) is 3.84. The first kappa shape index (κ1) is 19.5. The Morgan fingerprint density at radius 1 is 1.06 bits per heavy atom. The first-order valence-electron chi connectivity index (χ1n) is 12.3. The average molecular weight is 430 g/mol. The fourth-order valence-corrected chi connectivity index (χ4v) is 8.23. The minimum atomic E-state index is -0.690. The van der Waals surface area contributed by atoms with Gasteiger partial charge in [-0.05, 0) is 90.0 Å². The van der Waals surface area contributed by atoms with Crippen molar-refractivity contribution in [2.75, 3.05) is 0 Å². The lowest BCUT2D eigenvalue weighted by Crippen LogP contribution is -2.55. The molecular weight excluding hydrogens is 398 g/mol. The van der Waals surface area contributed by atoms with Gasteiger partial charge in [0, 0.05) is 24.2 Å². The number of aliphatic hydroxyl groups excluding tert-OH is 2. The predicted molar refractivity (Wildman–Crippen MR) is 123 cm³/mol. The van der Waals surface area contributed by atoms with Gasteiger partial charge in [0.05, 0.1) is 23.4 Å². The lowest BCUT2D eigenvalue weighted by Gasteiger charge is -2.54. The van der Waals surface area contributed by atoms with Gasteiger partial charge >= 0.3 is 0 Å². The van der Waals surface area contributed by atoms with E-state index in [2.05, 4.69) is 48.3 Å². The highest BCUT2D eigenvalue weighted by molar-refractivity contribution is 5.82. The highest BCUT2D eigenvalue weighted by Gasteiger charge is 2.67. The molecule has 3 aliphatic carbocycles. The summed E-state index contributed by atoms with van der Waals surface area (Å²) in [5, 5.41) is 23.2. The molecule has 5 aliphatic rings. The van der Waals surface area contributed by atoms with Gasteiger partial charge in [0.2, 0.25) is 0 Å². The zero-order chi connectivity index (χ0) is 21.7. The van der Waals surface area contributed by atoms with Crippen LogP contribution in [0, 0.1) is 11.3 Å². The van der Waals surface area contributed by atoms with Gasteiger partial charge in [-0.1, -0.05) is 31.2 Å². The van der Waals surface area contributed by atoms with Gasteiger partial charge in [-0.25, -0.2) is 0 Å². The Hall–Kier alpha value is -2.01. The van der Waals surface area contributed by atoms with Crippen molar-refractivity contribution in [1.82, 2.24) is 4.98 Å². The third-order valence-electron chi connectivity index (χ3n) is 9.82. The van der Waals surface area contributed by atoms with Gasteiger partial charge in [-0.2, -0.15) is 0 Å². The maximum absolute atomic E-state index is 10.5. The van der Waals surface area contributed by atoms with Crippen LogP contribution in [0.5, 0.6) is 0 Å². The molecule has 2 N–H and O–H groups in total. The Morgan fingerprint density at radius 3 is 2.88 bits per heavy atom. The number of hydrogen-bond acceptors (Lipinski definition) is 4. The summed E-state index contributed by atoms with van der Waals surface area (Å²) < 4.78 is 7.12. The molecule has 2 saturated carbocycles. The van der Waals surface area contributed by atoms with E-state index >= 15 is 0 Å². The van der Waals surface area contributed by atoms with Crippen molar-refractivity contribution in [2.24, 2.45) is 11.3 Å². The second kappa shape index (κ2) is 6.31. The third kappa shape index (κ3) is 2.36. The summed E-state index contributed by atoms with van der Waals surface area (Å²) in [5.41, 5.74) is 3.53. The zero-order valence-electron chi connectivity index (χ0n) is 18.6. The first-order valence-corrected chi connectivity index (χ1v) is 12.3. The van der Waals surface area contributed by atoms with Crippen LogP contribution in [-0.2, 0) is 4.74 Å². The number of ether oxygens (including phenoxy) is 1. The maximum atomic E-state index is 10.5. The molecule has 7 rings (SSSR count). The zero-order valence-corrected chi connectivity index (χ0v) is 18.6. The van der Waals surface area contributed by atoms with Crippen molar-refractivity contribution in [2.45, 2.75) is 81.2 Å². The van der Waals surface area contributed by atoms with Crippen LogP contribution in [0.3, 0.4) is 0 Å². The van der Waals surface area contributed by atoms with Crippen LogP contribution < -0.4 is 0 Å². The second-order valence-corrected chi connectivity index (χ2v) is 11.2. The lowest BCUT2D eigenvalue weighted by atomic mass is 9.58. The largest absolute Gasteiger partial charge is 0.390 e. The SMILES string of the molecule is C[C@]12CC=C3C=C4C[C@@H](O)[C@@H](O)C[C@]45CCC3(O5)[C@@H]1CC[C@@H]2c1ccc2ccncc2c1. The maximum Gasteiger partial charge on any atom is 0.0974 e. The van der Waals surface area contributed by atoms with Gasteiger partial charge in [0.25, 0.3) is 0 Å². The van der Waals surface area contributed by atoms with E-state index in [9.17, 15) is 10.2 Å². The predicted octanol–water partition coefficient (Wildman–Crippen LogP) is 4.81. The molecule has 0 amide bonds. The second-order valence-electron chi connectivity index (χ2n) is 11.2. The summed E-state index contributed by atoms with van der Waals surface area (Å²) >= 11 is 0. The molecule has 1 aromatic heterocycles. The van der Waals surface area contributed by atoms with E-state index < -0.39 is 12.2 Å². The molecule has 4 nitrogen and oxygen atoms in total. The number of nitrogens with zero attached hydrogens (tertiary/aromatic N) is 1. The fraction of sp³-hybridized carbons (Fsp3) is 0.536. The van der Waals surface area contributed by atoms with Crippen LogP contribution in [0.1, 0.15) is 63.4 Å². The van der Waals surface area contributed by atoms with Crippen LogP contribution in [0.15, 0.2) is 60.0 Å². The number of rotatable bonds is 1. The molecular formula is C28H31NO3. The van der Waals surface area contributed by atoms with Crippen molar-refractivity contribution in [3.8, 4) is 0 Å². The van der Waals surface area contributed by atoms with E-state index in [4.69, 9.17) is 4.74 Å². The number of allylic oxidation sites excluding steroid dienone is 1. The van der Waals surface area contributed by atoms with Crippen LogP contribution in [0.2, 0.25) is 0 Å². The van der Waals surface area contributed by atoms with Gasteiger partial charge in [0.15, 0.2) is 0 Å². The van der Waals surface area contributed by atoms with Crippen molar-refractivity contribution in [1.29, 1.82) is 0 Å². The lowest BCUT2D eigenvalue weighted by molar-refractivity contribution is -0.157. The normalized spacial score (nSPS) is 44.5. The minimum Gasteiger partial charge on any atom is -0.390 e. The summed E-state index contributed by atoms with van der Waals surface area (Å²) in [5.74, 6) is 0.985. The summed E-state index contributed by atoms with van der Waals surface area (Å²) in [6.07, 6.45) is 13.7. The summed E-state index contributed by atoms with van der Waals surface area (Å²) in [4.78, 5) is 4.34. The molecule has 4 heteroatoms. The Labute approximate surface area is 189 Å². The topological polar surface area (TPSA) is 62.6 Å². The molecule has 1 unspecified atom stereocenters. The van der Waals surface area contributed by atoms with E-state index in [1.165, 1.54) is 40.3 Å². The monoisotopic (exact) mass is 429 g/mol. The van der Waals surface area contributed by atoms with E-state index in [0.717, 1.165) is 19.3 Å². The minimum absolute atomic E-state index is 0.156. The van der Waals surface area contributed by atoms with E-state index in [-0.39, 0.29) is 16.6 Å². The molecule has 32 heavy (non-hydrogen) atoms. The molecule has 166 valence electrons. The molecule has 1 saturated heterocycles. The van der Waals surface area contributed by atoms with Crippen molar-refractivity contribution >= 4 is 10.8 Å². The first-order chi connectivity index (χ1) is 15.4. The van der Waals surface area contributed by atoms with Crippen LogP contribution >= 0.6 is 0 Å². The Bertz CT molecular complexity index is 1190. The smallest absolute Gasteiger partial charge is 0.0974 e. The Morgan fingerprint density at radius 2 is 1.97 bits per heavy atom. The van der Waals surface area contributed by atoms with Crippen molar-refractivity contribution < 1.29 is 14.9 Å². The summed E-state index contributed by atoms with van der Waals surface area (Å²) in [6, 6.07) is 9.01. The van der Waals surface area contributed by atoms with E-state index in [0.29, 0.717) is 24.7 Å². The van der Waals surface area contributed by atoms with E-state index in [1.807, 2.05) is 12.4 Å². The third-order valence-corrected chi connectivity index (χ3v) is 9.82. The summed E-state index contributed by atoms with van der Waals surface area (Å²) in [7, 11) is 0. The number of benzene rings is 1. The van der Waals surface area contributed by atoms with Gasteiger partial charge in [-0.15, -0.1) is 0 Å². The van der Waals surface area contributed by atoms with Crippen molar-refractivity contribution in [3.05, 3.63) is 65.5 Å². The van der Waals surface area contributed by atoms with Gasteiger partial charge in [0.1, 0.15) is 0 Å². The molecule has 3 heterocycles. The molecule has 2 aliphatic heterocycles. The number of fused-ring (bicyclic) bond motifs is 2. The number of hydrogen-bond donors (Lipinski definition) is 2. The molecule has 2 aromatic rings. The molecule has 3 fully saturated rings. The quantitative estimate of drug-likeness (QED) is 0.683. The van der Waals surface area contributed by atoms with Crippen LogP contribution in [-0.4, -0.2) is 38.6 Å².